The molecule has 0 aliphatic carbocycles. The van der Waals surface area contributed by atoms with Gasteiger partial charge in [0.15, 0.2) is 0 Å². The second-order valence-electron chi connectivity index (χ2n) is 7.14. The Balaban J connectivity index is 1.75. The molecule has 3 aromatic rings. The molecule has 0 aliphatic heterocycles. The maximum Gasteiger partial charge on any atom is 0.131 e. The lowest BCUT2D eigenvalue weighted by molar-refractivity contribution is 0.304. The number of benzene rings is 3. The molecule has 2 nitrogen and oxygen atoms in total. The van der Waals surface area contributed by atoms with Gasteiger partial charge < -0.3 is 4.74 Å². The molecule has 0 saturated carbocycles. The van der Waals surface area contributed by atoms with Gasteiger partial charge in [-0.1, -0.05) is 69.0 Å². The summed E-state index contributed by atoms with van der Waals surface area (Å²) in [5.74, 6) is 0.556. The molecule has 3 heteroatoms. The third-order valence-electron chi connectivity index (χ3n) is 5.00. The third kappa shape index (κ3) is 5.45. The topological polar surface area (TPSA) is 33.0 Å². The quantitative estimate of drug-likeness (QED) is 0.359. The Morgan fingerprint density at radius 2 is 1.52 bits per heavy atom. The standard InChI is InChI=1S/C26H26FNO/c1-2-3-4-5-6-18-29-23-16-14-21(15-17-23)24-8-7-9-25(27)26(24)22-12-10-20(19-28)11-13-22/h7-17H,2-6,18H2,1H3. The smallest absolute Gasteiger partial charge is 0.131 e. The van der Waals surface area contributed by atoms with Gasteiger partial charge in [-0.25, -0.2) is 4.39 Å². The summed E-state index contributed by atoms with van der Waals surface area (Å²) >= 11 is 0. The first-order chi connectivity index (χ1) is 14.2. The fraction of sp³-hybridized carbons (Fsp3) is 0.269. The lowest BCUT2D eigenvalue weighted by atomic mass is 9.93. The van der Waals surface area contributed by atoms with Crippen molar-refractivity contribution in [3.63, 3.8) is 0 Å². The van der Waals surface area contributed by atoms with Crippen molar-refractivity contribution < 1.29 is 9.13 Å². The lowest BCUT2D eigenvalue weighted by Gasteiger charge is -2.12. The molecule has 0 aliphatic rings. The highest BCUT2D eigenvalue weighted by molar-refractivity contribution is 5.84. The Morgan fingerprint density at radius 3 is 2.21 bits per heavy atom. The second kappa shape index (κ2) is 10.4. The van der Waals surface area contributed by atoms with E-state index < -0.39 is 0 Å². The Kier molecular flexibility index (Phi) is 7.41. The van der Waals surface area contributed by atoms with E-state index in [4.69, 9.17) is 10.00 Å². The van der Waals surface area contributed by atoms with Crippen molar-refractivity contribution in [1.29, 1.82) is 5.26 Å². The van der Waals surface area contributed by atoms with Gasteiger partial charge in [0.1, 0.15) is 11.6 Å². The number of nitrogens with zero attached hydrogens (tertiary/aromatic N) is 1. The second-order valence-corrected chi connectivity index (χ2v) is 7.14. The molecule has 3 aromatic carbocycles. The first-order valence-corrected chi connectivity index (χ1v) is 10.2. The maximum atomic E-state index is 14.7. The van der Waals surface area contributed by atoms with Gasteiger partial charge in [0, 0.05) is 5.56 Å². The van der Waals surface area contributed by atoms with Crippen LogP contribution < -0.4 is 4.74 Å². The van der Waals surface area contributed by atoms with E-state index in [1.807, 2.05) is 30.3 Å². The Morgan fingerprint density at radius 1 is 0.828 bits per heavy atom. The van der Waals surface area contributed by atoms with Gasteiger partial charge in [0.05, 0.1) is 18.2 Å². The third-order valence-corrected chi connectivity index (χ3v) is 5.00. The first kappa shape index (κ1) is 20.6. The van der Waals surface area contributed by atoms with E-state index in [9.17, 15) is 4.39 Å². The highest BCUT2D eigenvalue weighted by Crippen LogP contribution is 2.35. The molecule has 0 fully saturated rings. The summed E-state index contributed by atoms with van der Waals surface area (Å²) in [6.07, 6.45) is 6.05. The van der Waals surface area contributed by atoms with Crippen LogP contribution in [0.3, 0.4) is 0 Å². The van der Waals surface area contributed by atoms with Crippen LogP contribution in [-0.2, 0) is 0 Å². The van der Waals surface area contributed by atoms with Crippen LogP contribution in [-0.4, -0.2) is 6.61 Å². The van der Waals surface area contributed by atoms with Crippen molar-refractivity contribution >= 4 is 0 Å². The van der Waals surface area contributed by atoms with Crippen LogP contribution in [0.1, 0.15) is 44.6 Å². The minimum Gasteiger partial charge on any atom is -0.494 e. The van der Waals surface area contributed by atoms with E-state index in [1.54, 1.807) is 30.3 Å². The summed E-state index contributed by atoms with van der Waals surface area (Å²) in [5, 5.41) is 8.99. The molecule has 0 spiro atoms. The van der Waals surface area contributed by atoms with Gasteiger partial charge in [-0.2, -0.15) is 5.26 Å². The molecule has 0 unspecified atom stereocenters. The number of rotatable bonds is 9. The highest BCUT2D eigenvalue weighted by Gasteiger charge is 2.12. The average Bonchev–Trinajstić information content (AvgIpc) is 2.76. The van der Waals surface area contributed by atoms with Crippen molar-refractivity contribution in [2.45, 2.75) is 39.0 Å². The molecule has 148 valence electrons. The summed E-state index contributed by atoms with van der Waals surface area (Å²) in [7, 11) is 0. The van der Waals surface area contributed by atoms with Crippen molar-refractivity contribution in [3.05, 3.63) is 78.1 Å². The fourth-order valence-corrected chi connectivity index (χ4v) is 3.40. The van der Waals surface area contributed by atoms with Crippen LogP contribution in [0.15, 0.2) is 66.7 Å². The van der Waals surface area contributed by atoms with Gasteiger partial charge in [-0.05, 0) is 53.4 Å². The number of hydrogen-bond donors (Lipinski definition) is 0. The number of halogens is 1. The van der Waals surface area contributed by atoms with Crippen molar-refractivity contribution in [3.8, 4) is 34.1 Å². The van der Waals surface area contributed by atoms with E-state index in [0.717, 1.165) is 35.5 Å². The normalized spacial score (nSPS) is 10.5. The fourth-order valence-electron chi connectivity index (χ4n) is 3.40. The number of ether oxygens (including phenoxy) is 1. The van der Waals surface area contributed by atoms with Crippen LogP contribution in [0.5, 0.6) is 5.75 Å². The van der Waals surface area contributed by atoms with Crippen molar-refractivity contribution in [1.82, 2.24) is 0 Å². The summed E-state index contributed by atoms with van der Waals surface area (Å²) in [4.78, 5) is 0. The predicted octanol–water partition coefficient (Wildman–Crippen LogP) is 7.38. The van der Waals surface area contributed by atoms with Gasteiger partial charge in [0.2, 0.25) is 0 Å². The molecular formula is C26H26FNO. The molecule has 29 heavy (non-hydrogen) atoms. The van der Waals surface area contributed by atoms with Crippen LogP contribution in [0, 0.1) is 17.1 Å². The SMILES string of the molecule is CCCCCCCOc1ccc(-c2cccc(F)c2-c2ccc(C#N)cc2)cc1. The molecule has 0 atom stereocenters. The monoisotopic (exact) mass is 387 g/mol. The van der Waals surface area contributed by atoms with E-state index in [0.29, 0.717) is 11.1 Å². The van der Waals surface area contributed by atoms with Gasteiger partial charge in [0.25, 0.3) is 0 Å². The average molecular weight is 387 g/mol. The minimum absolute atomic E-state index is 0.278. The molecule has 0 N–H and O–H groups in total. The summed E-state index contributed by atoms with van der Waals surface area (Å²) in [6, 6.07) is 22.0. The molecule has 0 radical (unpaired) electrons. The predicted molar refractivity (Wildman–Crippen MR) is 116 cm³/mol. The zero-order valence-corrected chi connectivity index (χ0v) is 16.8. The summed E-state index contributed by atoms with van der Waals surface area (Å²) in [6.45, 7) is 2.93. The molecule has 0 bridgehead atoms. The zero-order valence-electron chi connectivity index (χ0n) is 16.8. The van der Waals surface area contributed by atoms with Crippen LogP contribution in [0.2, 0.25) is 0 Å². The number of nitriles is 1. The maximum absolute atomic E-state index is 14.7. The van der Waals surface area contributed by atoms with Crippen molar-refractivity contribution in [2.75, 3.05) is 6.61 Å². The molecule has 3 rings (SSSR count). The summed E-state index contributed by atoms with van der Waals surface area (Å²) < 4.78 is 20.5. The Bertz CT molecular complexity index is 955. The number of unbranched alkanes of at least 4 members (excludes halogenated alkanes) is 4. The largest absolute Gasteiger partial charge is 0.494 e. The zero-order chi connectivity index (χ0) is 20.5. The number of hydrogen-bond acceptors (Lipinski definition) is 2. The Hall–Kier alpha value is -3.12. The van der Waals surface area contributed by atoms with Gasteiger partial charge in [-0.15, -0.1) is 0 Å². The van der Waals surface area contributed by atoms with Crippen LogP contribution in [0.25, 0.3) is 22.3 Å². The van der Waals surface area contributed by atoms with E-state index in [2.05, 4.69) is 13.0 Å². The minimum atomic E-state index is -0.278. The van der Waals surface area contributed by atoms with E-state index >= 15 is 0 Å². The molecule has 0 saturated heterocycles. The van der Waals surface area contributed by atoms with Gasteiger partial charge >= 0.3 is 0 Å². The van der Waals surface area contributed by atoms with Gasteiger partial charge in [-0.3, -0.25) is 0 Å². The molecular weight excluding hydrogens is 361 g/mol. The highest BCUT2D eigenvalue weighted by atomic mass is 19.1. The lowest BCUT2D eigenvalue weighted by Crippen LogP contribution is -1.97. The first-order valence-electron chi connectivity index (χ1n) is 10.2. The van der Waals surface area contributed by atoms with E-state index in [-0.39, 0.29) is 5.82 Å². The molecule has 0 amide bonds. The molecule has 0 heterocycles. The van der Waals surface area contributed by atoms with Crippen LogP contribution >= 0.6 is 0 Å². The Labute approximate surface area is 172 Å². The molecule has 0 aromatic heterocycles. The van der Waals surface area contributed by atoms with Crippen LogP contribution in [0.4, 0.5) is 4.39 Å². The van der Waals surface area contributed by atoms with E-state index in [1.165, 1.54) is 31.7 Å². The summed E-state index contributed by atoms with van der Waals surface area (Å²) in [5.41, 5.74) is 3.61. The van der Waals surface area contributed by atoms with Crippen molar-refractivity contribution in [2.24, 2.45) is 0 Å².